The summed E-state index contributed by atoms with van der Waals surface area (Å²) in [7, 11) is -3.18. The van der Waals surface area contributed by atoms with E-state index in [1.165, 1.54) is 0 Å². The first-order valence-corrected chi connectivity index (χ1v) is 9.57. The molecule has 1 N–H and O–H groups in total. The Hall–Kier alpha value is -1.66. The summed E-state index contributed by atoms with van der Waals surface area (Å²) in [4.78, 5) is 0.397. The van der Waals surface area contributed by atoms with Crippen LogP contribution >= 0.6 is 0 Å². The maximum atomic E-state index is 12.2. The van der Waals surface area contributed by atoms with Crippen LogP contribution in [0.2, 0.25) is 0 Å². The Morgan fingerprint density at radius 1 is 1.22 bits per heavy atom. The summed E-state index contributed by atoms with van der Waals surface area (Å²) in [6.45, 7) is 6.87. The van der Waals surface area contributed by atoms with E-state index in [0.717, 1.165) is 5.56 Å². The van der Waals surface area contributed by atoms with Gasteiger partial charge in [0.1, 0.15) is 0 Å². The number of hydrogen-bond donors (Lipinski definition) is 1. The normalized spacial score (nSPS) is 14.6. The zero-order valence-corrected chi connectivity index (χ0v) is 14.8. The van der Waals surface area contributed by atoms with Crippen molar-refractivity contribution in [2.45, 2.75) is 44.2 Å². The number of aromatic nitrogens is 2. The number of hydrogen-bond acceptors (Lipinski definition) is 4. The van der Waals surface area contributed by atoms with Gasteiger partial charge in [-0.25, -0.2) is 8.42 Å². The van der Waals surface area contributed by atoms with Crippen LogP contribution in [0.5, 0.6) is 0 Å². The van der Waals surface area contributed by atoms with E-state index in [-0.39, 0.29) is 17.8 Å². The van der Waals surface area contributed by atoms with Gasteiger partial charge >= 0.3 is 0 Å². The number of sulfone groups is 1. The molecule has 0 unspecified atom stereocenters. The van der Waals surface area contributed by atoms with E-state index in [0.29, 0.717) is 17.9 Å². The molecule has 1 aromatic carbocycles. The maximum Gasteiger partial charge on any atom is 0.178 e. The molecule has 6 heteroatoms. The standard InChI is InChI=1S/C17H25N3O2S/c1-14-12-19-20(13-14)16(3)15(2)18-10-7-11-23(21,22)17-8-5-4-6-9-17/h4-6,8-9,12-13,15-16,18H,7,10-11H2,1-3H3/t15-,16+/m1/s1. The minimum absolute atomic E-state index is 0.159. The van der Waals surface area contributed by atoms with Crippen LogP contribution in [0.15, 0.2) is 47.6 Å². The molecule has 2 aromatic rings. The summed E-state index contributed by atoms with van der Waals surface area (Å²) in [6.07, 6.45) is 4.45. The van der Waals surface area contributed by atoms with Crippen molar-refractivity contribution in [3.8, 4) is 0 Å². The summed E-state index contributed by atoms with van der Waals surface area (Å²) in [5, 5.41) is 7.71. The molecule has 0 amide bonds. The fourth-order valence-electron chi connectivity index (χ4n) is 2.39. The average Bonchev–Trinajstić information content (AvgIpc) is 2.98. The van der Waals surface area contributed by atoms with Crippen LogP contribution in [0.25, 0.3) is 0 Å². The van der Waals surface area contributed by atoms with Crippen LogP contribution in [-0.2, 0) is 9.84 Å². The molecular formula is C17H25N3O2S. The third-order valence-electron chi connectivity index (χ3n) is 4.03. The van der Waals surface area contributed by atoms with Gasteiger partial charge < -0.3 is 5.32 Å². The van der Waals surface area contributed by atoms with Gasteiger partial charge in [-0.2, -0.15) is 5.10 Å². The molecule has 0 bridgehead atoms. The largest absolute Gasteiger partial charge is 0.312 e. The Bertz CT molecular complexity index is 710. The highest BCUT2D eigenvalue weighted by Crippen LogP contribution is 2.12. The number of aryl methyl sites for hydroxylation is 1. The molecule has 0 saturated heterocycles. The van der Waals surface area contributed by atoms with Crippen LogP contribution in [0.1, 0.15) is 31.9 Å². The van der Waals surface area contributed by atoms with E-state index in [2.05, 4.69) is 24.3 Å². The molecule has 1 heterocycles. The van der Waals surface area contributed by atoms with E-state index in [4.69, 9.17) is 0 Å². The Morgan fingerprint density at radius 2 is 1.91 bits per heavy atom. The van der Waals surface area contributed by atoms with Crippen molar-refractivity contribution in [1.29, 1.82) is 0 Å². The van der Waals surface area contributed by atoms with Crippen molar-refractivity contribution >= 4 is 9.84 Å². The fraction of sp³-hybridized carbons (Fsp3) is 0.471. The summed E-state index contributed by atoms with van der Waals surface area (Å²) in [5.74, 6) is 0.159. The molecule has 0 aliphatic rings. The second-order valence-corrected chi connectivity index (χ2v) is 8.08. The average molecular weight is 335 g/mol. The van der Waals surface area contributed by atoms with Gasteiger partial charge in [0.05, 0.1) is 22.9 Å². The molecule has 2 atom stereocenters. The lowest BCUT2D eigenvalue weighted by Gasteiger charge is -2.21. The SMILES string of the molecule is Cc1cnn([C@@H](C)[C@@H](C)NCCCS(=O)(=O)c2ccccc2)c1. The van der Waals surface area contributed by atoms with Crippen molar-refractivity contribution in [1.82, 2.24) is 15.1 Å². The van der Waals surface area contributed by atoms with Gasteiger partial charge in [-0.1, -0.05) is 18.2 Å². The van der Waals surface area contributed by atoms with Crippen LogP contribution in [-0.4, -0.2) is 36.5 Å². The van der Waals surface area contributed by atoms with E-state index in [1.807, 2.05) is 30.1 Å². The van der Waals surface area contributed by atoms with Gasteiger partial charge in [0, 0.05) is 12.2 Å². The topological polar surface area (TPSA) is 64.0 Å². The highest BCUT2D eigenvalue weighted by atomic mass is 32.2. The Morgan fingerprint density at radius 3 is 2.52 bits per heavy atom. The summed E-state index contributed by atoms with van der Waals surface area (Å²) in [5.41, 5.74) is 1.14. The van der Waals surface area contributed by atoms with Crippen LogP contribution in [0, 0.1) is 6.92 Å². The smallest absolute Gasteiger partial charge is 0.178 e. The Kier molecular flexibility index (Phi) is 5.96. The molecule has 1 aromatic heterocycles. The molecule has 0 aliphatic heterocycles. The number of benzene rings is 1. The van der Waals surface area contributed by atoms with Crippen LogP contribution in [0.3, 0.4) is 0 Å². The second kappa shape index (κ2) is 7.75. The van der Waals surface area contributed by atoms with Crippen molar-refractivity contribution < 1.29 is 8.42 Å². The van der Waals surface area contributed by atoms with Crippen molar-refractivity contribution in [2.24, 2.45) is 0 Å². The van der Waals surface area contributed by atoms with E-state index >= 15 is 0 Å². The van der Waals surface area contributed by atoms with Crippen LogP contribution < -0.4 is 5.32 Å². The van der Waals surface area contributed by atoms with Crippen molar-refractivity contribution in [2.75, 3.05) is 12.3 Å². The molecular weight excluding hydrogens is 310 g/mol. The summed E-state index contributed by atoms with van der Waals surface area (Å²) >= 11 is 0. The lowest BCUT2D eigenvalue weighted by molar-refractivity contribution is 0.367. The zero-order valence-electron chi connectivity index (χ0n) is 13.9. The highest BCUT2D eigenvalue weighted by molar-refractivity contribution is 7.91. The molecule has 126 valence electrons. The Balaban J connectivity index is 1.79. The monoisotopic (exact) mass is 335 g/mol. The Labute approximate surface area is 138 Å². The van der Waals surface area contributed by atoms with Gasteiger partial charge in [-0.3, -0.25) is 4.68 Å². The lowest BCUT2D eigenvalue weighted by atomic mass is 10.1. The van der Waals surface area contributed by atoms with Gasteiger partial charge in [0.2, 0.25) is 0 Å². The highest BCUT2D eigenvalue weighted by Gasteiger charge is 2.16. The fourth-order valence-corrected chi connectivity index (χ4v) is 3.72. The summed E-state index contributed by atoms with van der Waals surface area (Å²) < 4.78 is 26.3. The number of nitrogens with one attached hydrogen (secondary N) is 1. The minimum Gasteiger partial charge on any atom is -0.312 e. The van der Waals surface area contributed by atoms with Crippen molar-refractivity contribution in [3.05, 3.63) is 48.3 Å². The second-order valence-electron chi connectivity index (χ2n) is 5.97. The predicted octanol–water partition coefficient (Wildman–Crippen LogP) is 2.59. The molecule has 2 rings (SSSR count). The summed E-state index contributed by atoms with van der Waals surface area (Å²) in [6, 6.07) is 9.05. The molecule has 5 nitrogen and oxygen atoms in total. The molecule has 0 radical (unpaired) electrons. The molecule has 0 spiro atoms. The van der Waals surface area contributed by atoms with Gasteiger partial charge in [-0.15, -0.1) is 0 Å². The third-order valence-corrected chi connectivity index (χ3v) is 5.85. The van der Waals surface area contributed by atoms with Gasteiger partial charge in [0.15, 0.2) is 9.84 Å². The number of rotatable bonds is 8. The number of nitrogens with zero attached hydrogens (tertiary/aromatic N) is 2. The molecule has 0 saturated carbocycles. The van der Waals surface area contributed by atoms with Gasteiger partial charge in [-0.05, 0) is 51.4 Å². The molecule has 0 aliphatic carbocycles. The van der Waals surface area contributed by atoms with Crippen LogP contribution in [0.4, 0.5) is 0 Å². The van der Waals surface area contributed by atoms with Gasteiger partial charge in [0.25, 0.3) is 0 Å². The van der Waals surface area contributed by atoms with E-state index in [1.54, 1.807) is 24.3 Å². The zero-order chi connectivity index (χ0) is 16.9. The maximum absolute atomic E-state index is 12.2. The lowest BCUT2D eigenvalue weighted by Crippen LogP contribution is -2.35. The molecule has 0 fully saturated rings. The quantitative estimate of drug-likeness (QED) is 0.753. The third kappa shape index (κ3) is 4.91. The van der Waals surface area contributed by atoms with E-state index < -0.39 is 9.84 Å². The first kappa shape index (κ1) is 17.7. The van der Waals surface area contributed by atoms with Crippen molar-refractivity contribution in [3.63, 3.8) is 0 Å². The first-order valence-electron chi connectivity index (χ1n) is 7.92. The predicted molar refractivity (Wildman–Crippen MR) is 92.3 cm³/mol. The minimum atomic E-state index is -3.18. The molecule has 23 heavy (non-hydrogen) atoms. The first-order chi connectivity index (χ1) is 10.9. The van der Waals surface area contributed by atoms with E-state index in [9.17, 15) is 8.42 Å².